The molecule has 1 saturated carbocycles. The van der Waals surface area contributed by atoms with E-state index in [0.717, 1.165) is 44.3 Å². The first-order valence-electron chi connectivity index (χ1n) is 8.25. The van der Waals surface area contributed by atoms with E-state index in [1.807, 2.05) is 12.1 Å². The predicted molar refractivity (Wildman–Crippen MR) is 86.8 cm³/mol. The fraction of sp³-hybridized carbons (Fsp3) is 0.529. The van der Waals surface area contributed by atoms with Gasteiger partial charge in [0.2, 0.25) is 0 Å². The van der Waals surface area contributed by atoms with Gasteiger partial charge in [0.1, 0.15) is 5.75 Å². The molecule has 1 aromatic heterocycles. The van der Waals surface area contributed by atoms with E-state index in [1.165, 1.54) is 18.4 Å². The van der Waals surface area contributed by atoms with Gasteiger partial charge in [-0.25, -0.2) is 0 Å². The van der Waals surface area contributed by atoms with E-state index in [9.17, 15) is 0 Å². The summed E-state index contributed by atoms with van der Waals surface area (Å²) in [7, 11) is 1.69. The van der Waals surface area contributed by atoms with E-state index < -0.39 is 0 Å². The van der Waals surface area contributed by atoms with Gasteiger partial charge in [0.15, 0.2) is 5.82 Å². The minimum absolute atomic E-state index is 0.545. The van der Waals surface area contributed by atoms with Crippen LogP contribution in [-0.2, 0) is 6.54 Å². The molecule has 1 aliphatic heterocycles. The monoisotopic (exact) mass is 314 g/mol. The first-order valence-corrected chi connectivity index (χ1v) is 8.25. The second-order valence-corrected chi connectivity index (χ2v) is 6.32. The quantitative estimate of drug-likeness (QED) is 0.844. The zero-order valence-corrected chi connectivity index (χ0v) is 13.4. The Morgan fingerprint density at radius 2 is 1.87 bits per heavy atom. The van der Waals surface area contributed by atoms with Crippen molar-refractivity contribution in [3.05, 3.63) is 35.7 Å². The van der Waals surface area contributed by atoms with Crippen molar-refractivity contribution in [3.8, 4) is 5.75 Å². The average Bonchev–Trinajstić information content (AvgIpc) is 3.34. The molecule has 1 aliphatic carbocycles. The smallest absolute Gasteiger partial charge is 0.324 e. The van der Waals surface area contributed by atoms with E-state index in [1.54, 1.807) is 7.11 Å². The van der Waals surface area contributed by atoms with Crippen LogP contribution in [0.5, 0.6) is 5.75 Å². The Balaban J connectivity index is 1.31. The van der Waals surface area contributed by atoms with Crippen LogP contribution < -0.4 is 9.64 Å². The molecule has 6 heteroatoms. The number of anilines is 1. The highest BCUT2D eigenvalue weighted by atomic mass is 16.5. The first kappa shape index (κ1) is 14.5. The van der Waals surface area contributed by atoms with Crippen molar-refractivity contribution in [2.75, 3.05) is 38.2 Å². The summed E-state index contributed by atoms with van der Waals surface area (Å²) in [5.41, 5.74) is 1.31. The van der Waals surface area contributed by atoms with Crippen LogP contribution in [0.2, 0.25) is 0 Å². The Labute approximate surface area is 136 Å². The van der Waals surface area contributed by atoms with Crippen LogP contribution in [-0.4, -0.2) is 48.3 Å². The Morgan fingerprint density at radius 3 is 2.52 bits per heavy atom. The molecular formula is C17H22N4O2. The van der Waals surface area contributed by atoms with E-state index >= 15 is 0 Å². The van der Waals surface area contributed by atoms with E-state index in [0.29, 0.717) is 11.9 Å². The summed E-state index contributed by atoms with van der Waals surface area (Å²) in [5.74, 6) is 2.34. The summed E-state index contributed by atoms with van der Waals surface area (Å²) in [6, 6.07) is 8.99. The number of aromatic nitrogens is 2. The molecule has 0 spiro atoms. The summed E-state index contributed by atoms with van der Waals surface area (Å²) in [6.45, 7) is 4.85. The molecule has 2 heterocycles. The molecule has 4 rings (SSSR count). The summed E-state index contributed by atoms with van der Waals surface area (Å²) < 4.78 is 10.6. The predicted octanol–water partition coefficient (Wildman–Crippen LogP) is 2.28. The van der Waals surface area contributed by atoms with Gasteiger partial charge in [0, 0.05) is 38.6 Å². The standard InChI is InChI=1S/C17H22N4O2/c1-22-15-6-2-13(3-7-15)12-20-8-10-21(11-9-20)17-18-16(19-23-17)14-4-5-14/h2-3,6-7,14H,4-5,8-12H2,1H3. The highest BCUT2D eigenvalue weighted by Crippen LogP contribution is 2.38. The topological polar surface area (TPSA) is 54.6 Å². The fourth-order valence-corrected chi connectivity index (χ4v) is 2.95. The van der Waals surface area contributed by atoms with Crippen LogP contribution >= 0.6 is 0 Å². The average molecular weight is 314 g/mol. The number of hydrogen-bond donors (Lipinski definition) is 0. The molecule has 0 radical (unpaired) electrons. The van der Waals surface area contributed by atoms with Gasteiger partial charge in [-0.15, -0.1) is 0 Å². The minimum Gasteiger partial charge on any atom is -0.497 e. The lowest BCUT2D eigenvalue weighted by Crippen LogP contribution is -2.46. The third-order valence-corrected chi connectivity index (χ3v) is 4.58. The summed E-state index contributed by atoms with van der Waals surface area (Å²) in [6.07, 6.45) is 2.41. The fourth-order valence-electron chi connectivity index (χ4n) is 2.95. The Bertz CT molecular complexity index is 643. The molecular weight excluding hydrogens is 292 g/mol. The third kappa shape index (κ3) is 3.32. The molecule has 2 fully saturated rings. The van der Waals surface area contributed by atoms with E-state index in [2.05, 4.69) is 32.1 Å². The number of rotatable bonds is 5. The van der Waals surface area contributed by atoms with Crippen LogP contribution in [0, 0.1) is 0 Å². The van der Waals surface area contributed by atoms with Gasteiger partial charge in [0.05, 0.1) is 7.11 Å². The lowest BCUT2D eigenvalue weighted by Gasteiger charge is -2.33. The second kappa shape index (κ2) is 6.20. The lowest BCUT2D eigenvalue weighted by molar-refractivity contribution is 0.242. The molecule has 0 atom stereocenters. The van der Waals surface area contributed by atoms with Crippen molar-refractivity contribution >= 4 is 6.01 Å². The van der Waals surface area contributed by atoms with Gasteiger partial charge in [-0.05, 0) is 30.5 Å². The molecule has 2 aliphatic rings. The lowest BCUT2D eigenvalue weighted by atomic mass is 10.2. The Kier molecular flexibility index (Phi) is 3.91. The number of nitrogens with zero attached hydrogens (tertiary/aromatic N) is 4. The van der Waals surface area contributed by atoms with Crippen molar-refractivity contribution < 1.29 is 9.26 Å². The first-order chi connectivity index (χ1) is 11.3. The maximum absolute atomic E-state index is 5.42. The van der Waals surface area contributed by atoms with E-state index in [4.69, 9.17) is 9.26 Å². The van der Waals surface area contributed by atoms with E-state index in [-0.39, 0.29) is 0 Å². The number of piperazine rings is 1. The number of benzene rings is 1. The van der Waals surface area contributed by atoms with Gasteiger partial charge >= 0.3 is 6.01 Å². The zero-order chi connectivity index (χ0) is 15.6. The number of hydrogen-bond acceptors (Lipinski definition) is 6. The van der Waals surface area contributed by atoms with Crippen LogP contribution in [0.25, 0.3) is 0 Å². The zero-order valence-electron chi connectivity index (χ0n) is 13.4. The maximum Gasteiger partial charge on any atom is 0.324 e. The SMILES string of the molecule is COc1ccc(CN2CCN(c3nc(C4CC4)no3)CC2)cc1. The summed E-state index contributed by atoms with van der Waals surface area (Å²) >= 11 is 0. The molecule has 1 aromatic carbocycles. The van der Waals surface area contributed by atoms with Gasteiger partial charge < -0.3 is 14.2 Å². The maximum atomic E-state index is 5.42. The third-order valence-electron chi connectivity index (χ3n) is 4.58. The Morgan fingerprint density at radius 1 is 1.13 bits per heavy atom. The van der Waals surface area contributed by atoms with Gasteiger partial charge in [-0.2, -0.15) is 4.98 Å². The molecule has 0 unspecified atom stereocenters. The Hall–Kier alpha value is -2.08. The molecule has 23 heavy (non-hydrogen) atoms. The van der Waals surface area contributed by atoms with Crippen molar-refractivity contribution in [1.82, 2.24) is 15.0 Å². The van der Waals surface area contributed by atoms with Gasteiger partial charge in [-0.3, -0.25) is 4.90 Å². The van der Waals surface area contributed by atoms with Crippen LogP contribution in [0.4, 0.5) is 6.01 Å². The highest BCUT2D eigenvalue weighted by Gasteiger charge is 2.30. The summed E-state index contributed by atoms with van der Waals surface area (Å²) in [4.78, 5) is 9.19. The van der Waals surface area contributed by atoms with Crippen LogP contribution in [0.1, 0.15) is 30.1 Å². The van der Waals surface area contributed by atoms with Crippen molar-refractivity contribution in [2.24, 2.45) is 0 Å². The normalized spacial score (nSPS) is 19.1. The molecule has 6 nitrogen and oxygen atoms in total. The number of methoxy groups -OCH3 is 1. The number of ether oxygens (including phenoxy) is 1. The summed E-state index contributed by atoms with van der Waals surface area (Å²) in [5, 5.41) is 4.10. The van der Waals surface area contributed by atoms with Gasteiger partial charge in [0.25, 0.3) is 0 Å². The van der Waals surface area contributed by atoms with Crippen molar-refractivity contribution in [1.29, 1.82) is 0 Å². The van der Waals surface area contributed by atoms with Crippen molar-refractivity contribution in [2.45, 2.75) is 25.3 Å². The highest BCUT2D eigenvalue weighted by molar-refractivity contribution is 5.29. The van der Waals surface area contributed by atoms with Crippen LogP contribution in [0.3, 0.4) is 0 Å². The molecule has 2 aromatic rings. The molecule has 0 N–H and O–H groups in total. The molecule has 122 valence electrons. The largest absolute Gasteiger partial charge is 0.497 e. The minimum atomic E-state index is 0.545. The molecule has 0 amide bonds. The molecule has 1 saturated heterocycles. The van der Waals surface area contributed by atoms with Crippen molar-refractivity contribution in [3.63, 3.8) is 0 Å². The van der Waals surface area contributed by atoms with Crippen LogP contribution in [0.15, 0.2) is 28.8 Å². The molecule has 0 bridgehead atoms. The van der Waals surface area contributed by atoms with Gasteiger partial charge in [-0.1, -0.05) is 17.3 Å². The second-order valence-electron chi connectivity index (χ2n) is 6.32.